The summed E-state index contributed by atoms with van der Waals surface area (Å²) in [4.78, 5) is 147. The summed E-state index contributed by atoms with van der Waals surface area (Å²) < 4.78 is 41.1. The lowest BCUT2D eigenvalue weighted by Crippen LogP contribution is -2.62. The van der Waals surface area contributed by atoms with Gasteiger partial charge in [0.15, 0.2) is 0 Å². The molecule has 83 heavy (non-hydrogen) atoms. The molecule has 3 fully saturated rings. The summed E-state index contributed by atoms with van der Waals surface area (Å²) in [7, 11) is -5.93. The molecular formula is C59H62F2N9O12P. The topological polar surface area (TPSA) is 311 Å². The molecule has 9 rings (SSSR count). The number of nitrogens with zero attached hydrogens (tertiary/aromatic N) is 3. The van der Waals surface area contributed by atoms with E-state index in [0.29, 0.717) is 43.2 Å². The van der Waals surface area contributed by atoms with E-state index in [1.807, 2.05) is 60.7 Å². The number of carbonyl (C=O) groups excluding carboxylic acids is 9. The molecule has 24 heteroatoms. The van der Waals surface area contributed by atoms with Crippen LogP contribution in [0.2, 0.25) is 0 Å². The lowest BCUT2D eigenvalue weighted by molar-refractivity contribution is -0.145. The van der Waals surface area contributed by atoms with Crippen LogP contribution < -0.4 is 27.0 Å². The Hall–Kier alpha value is -8.58. The summed E-state index contributed by atoms with van der Waals surface area (Å²) in [6, 6.07) is 21.6. The summed E-state index contributed by atoms with van der Waals surface area (Å²) in [6.07, 6.45) is 2.88. The van der Waals surface area contributed by atoms with Crippen molar-refractivity contribution in [1.29, 1.82) is 0 Å². The lowest BCUT2D eigenvalue weighted by atomic mass is 9.98. The second kappa shape index (κ2) is 25.3. The van der Waals surface area contributed by atoms with Gasteiger partial charge in [-0.25, -0.2) is 0 Å². The molecule has 3 saturated heterocycles. The number of hydrogen-bond donors (Lipinski definition) is 8. The Morgan fingerprint density at radius 3 is 2.24 bits per heavy atom. The van der Waals surface area contributed by atoms with Crippen molar-refractivity contribution in [3.05, 3.63) is 142 Å². The molecule has 0 aliphatic carbocycles. The monoisotopic (exact) mass is 1160 g/mol. The SMILES string of the molecule is NC(=O)CC[C@H](NC(=O)[C@@H]1CC[C@@H]2CCN(C(=O)CCCCCC#Cc3ccc4c(c3)C(=O)N(C3CCC(=O)NC3=O)C4)C[C@H](NC(=O)c3cc4cc(C(F)(F)P(=O)(O)O)ccc4[nH]3)C(=O)N21)C(=O)NC(c1ccccc1)c1ccccc1. The van der Waals surface area contributed by atoms with Crippen molar-refractivity contribution in [3.8, 4) is 11.8 Å². The van der Waals surface area contributed by atoms with E-state index >= 15 is 4.79 Å². The van der Waals surface area contributed by atoms with E-state index in [4.69, 9.17) is 5.73 Å². The molecule has 5 atom stereocenters. The van der Waals surface area contributed by atoms with E-state index < -0.39 is 90.5 Å². The molecule has 0 saturated carbocycles. The molecule has 4 aliphatic rings. The maximum absolute atomic E-state index is 15.0. The molecule has 4 aliphatic heterocycles. The van der Waals surface area contributed by atoms with Crippen LogP contribution in [0.1, 0.15) is 132 Å². The molecule has 5 heterocycles. The molecule has 9 N–H and O–H groups in total. The van der Waals surface area contributed by atoms with Crippen LogP contribution in [0.25, 0.3) is 10.9 Å². The second-order valence-corrected chi connectivity index (χ2v) is 22.8. The van der Waals surface area contributed by atoms with E-state index in [0.717, 1.165) is 34.9 Å². The third kappa shape index (κ3) is 13.5. The van der Waals surface area contributed by atoms with Crippen molar-refractivity contribution in [3.63, 3.8) is 0 Å². The van der Waals surface area contributed by atoms with Gasteiger partial charge in [0.2, 0.25) is 41.4 Å². The number of H-pyrrole nitrogens is 1. The summed E-state index contributed by atoms with van der Waals surface area (Å²) in [5.74, 6) is 1.07. The van der Waals surface area contributed by atoms with Crippen molar-refractivity contribution < 1.29 is 66.3 Å². The fourth-order valence-electron chi connectivity index (χ4n) is 11.1. The number of nitrogens with two attached hydrogens (primary N) is 1. The Labute approximate surface area is 475 Å². The zero-order chi connectivity index (χ0) is 59.2. The Morgan fingerprint density at radius 1 is 0.831 bits per heavy atom. The summed E-state index contributed by atoms with van der Waals surface area (Å²) in [5, 5.41) is 10.8. The van der Waals surface area contributed by atoms with Crippen LogP contribution in [0.15, 0.2) is 103 Å². The van der Waals surface area contributed by atoms with Gasteiger partial charge in [0.05, 0.1) is 6.04 Å². The van der Waals surface area contributed by atoms with E-state index in [9.17, 15) is 61.5 Å². The minimum atomic E-state index is -5.93. The zero-order valence-electron chi connectivity index (χ0n) is 45.0. The minimum Gasteiger partial charge on any atom is -0.370 e. The number of aromatic amines is 1. The van der Waals surface area contributed by atoms with Crippen LogP contribution in [0, 0.1) is 11.8 Å². The molecule has 21 nitrogen and oxygen atoms in total. The van der Waals surface area contributed by atoms with Crippen molar-refractivity contribution >= 4 is 71.7 Å². The van der Waals surface area contributed by atoms with Gasteiger partial charge in [0.25, 0.3) is 11.8 Å². The molecule has 434 valence electrons. The number of alkyl halides is 2. The molecule has 9 amide bonds. The number of carbonyl (C=O) groups is 9. The highest BCUT2D eigenvalue weighted by molar-refractivity contribution is 7.52. The molecule has 1 unspecified atom stereocenters. The quantitative estimate of drug-likeness (QED) is 0.0245. The maximum Gasteiger partial charge on any atom is 0.399 e. The van der Waals surface area contributed by atoms with Gasteiger partial charge in [-0.3, -0.25) is 53.0 Å². The fourth-order valence-corrected chi connectivity index (χ4v) is 11.6. The third-order valence-electron chi connectivity index (χ3n) is 15.5. The number of amides is 9. The van der Waals surface area contributed by atoms with Gasteiger partial charge < -0.3 is 51.2 Å². The van der Waals surface area contributed by atoms with Gasteiger partial charge in [-0.15, -0.1) is 0 Å². The normalized spacial score (nSPS) is 19.5. The number of nitrogens with one attached hydrogen (secondary N) is 5. The Morgan fingerprint density at radius 2 is 1.55 bits per heavy atom. The smallest absolute Gasteiger partial charge is 0.370 e. The first-order valence-corrected chi connectivity index (χ1v) is 29.0. The first kappa shape index (κ1) is 59.1. The second-order valence-electron chi connectivity index (χ2n) is 21.2. The third-order valence-corrected chi connectivity index (χ3v) is 16.5. The zero-order valence-corrected chi connectivity index (χ0v) is 45.9. The molecule has 5 aromatic rings. The molecule has 0 bridgehead atoms. The van der Waals surface area contributed by atoms with Crippen molar-refractivity contribution in [2.24, 2.45) is 5.73 Å². The summed E-state index contributed by atoms with van der Waals surface area (Å²) in [5.41, 5.74) is 3.24. The van der Waals surface area contributed by atoms with Crippen LogP contribution in [0.3, 0.4) is 0 Å². The minimum absolute atomic E-state index is 0.00233. The molecule has 4 aromatic carbocycles. The van der Waals surface area contributed by atoms with E-state index in [1.54, 1.807) is 18.2 Å². The van der Waals surface area contributed by atoms with Crippen LogP contribution in [0.5, 0.6) is 0 Å². The Kier molecular flexibility index (Phi) is 18.0. The molecule has 0 radical (unpaired) electrons. The Bertz CT molecular complexity index is 3430. The number of imide groups is 1. The van der Waals surface area contributed by atoms with Crippen LogP contribution >= 0.6 is 7.60 Å². The number of benzene rings is 4. The van der Waals surface area contributed by atoms with Crippen molar-refractivity contribution in [1.82, 2.24) is 41.0 Å². The fraction of sp³-hybridized carbons (Fsp3) is 0.373. The van der Waals surface area contributed by atoms with E-state index in [-0.39, 0.29) is 98.9 Å². The first-order chi connectivity index (χ1) is 39.7. The summed E-state index contributed by atoms with van der Waals surface area (Å²) in [6.45, 7) is 0.0449. The number of rotatable bonds is 19. The van der Waals surface area contributed by atoms with Crippen molar-refractivity contribution in [2.45, 2.75) is 126 Å². The first-order valence-electron chi connectivity index (χ1n) is 27.4. The predicted octanol–water partition coefficient (Wildman–Crippen LogP) is 4.50. The number of fused-ring (bicyclic) bond motifs is 3. The van der Waals surface area contributed by atoms with Gasteiger partial charge in [-0.1, -0.05) is 91.1 Å². The molecular weight excluding hydrogens is 1100 g/mol. The van der Waals surface area contributed by atoms with Gasteiger partial charge in [-0.05, 0) is 92.0 Å². The predicted molar refractivity (Wildman–Crippen MR) is 296 cm³/mol. The Balaban J connectivity index is 0.879. The number of primary amides is 1. The number of aromatic nitrogens is 1. The lowest BCUT2D eigenvalue weighted by Gasteiger charge is -2.39. The van der Waals surface area contributed by atoms with Crippen LogP contribution in [-0.2, 0) is 50.3 Å². The summed E-state index contributed by atoms with van der Waals surface area (Å²) >= 11 is 0. The highest BCUT2D eigenvalue weighted by atomic mass is 31.2. The van der Waals surface area contributed by atoms with Crippen molar-refractivity contribution in [2.75, 3.05) is 13.1 Å². The maximum atomic E-state index is 15.0. The number of hydrogen-bond acceptors (Lipinski definition) is 10. The standard InChI is InChI=1S/C59H62F2N9O12P/c60-59(61,83(80,81)82)40-20-22-43-39(31-40)32-45(63-43)54(75)65-46-34-68(51(73)17-11-3-1-2-6-12-35-18-19-38-33-69(57(78)42(38)30-35)47-25-27-50(72)66-55(47)76)29-28-41-21-24-48(70(41)58(46)79)56(77)64-44(23-26-49(62)71)53(74)67-52(36-13-7-4-8-14-36)37-15-9-5-10-16-37/h4-5,7-10,13-16,18-20,22,30-32,41,44,46-48,52,63H,1-3,11,17,21,23-29,33-34H2,(H2,62,71)(H,64,77)(H,65,75)(H,67,74)(H,66,72,76)(H2,80,81,82)/t41-,44+,46+,47?,48+/m1/s1. The van der Waals surface area contributed by atoms with Crippen LogP contribution in [-0.4, -0.2) is 126 Å². The number of unbranched alkanes of at least 4 members (excludes halogenated alkanes) is 3. The average molecular weight is 1160 g/mol. The van der Waals surface area contributed by atoms with Gasteiger partial charge in [0.1, 0.15) is 29.9 Å². The average Bonchev–Trinajstić information content (AvgIpc) is 4.42. The highest BCUT2D eigenvalue weighted by Gasteiger charge is 2.51. The van der Waals surface area contributed by atoms with E-state index in [1.165, 1.54) is 20.8 Å². The van der Waals surface area contributed by atoms with Gasteiger partial charge >= 0.3 is 13.3 Å². The highest BCUT2D eigenvalue weighted by Crippen LogP contribution is 2.59. The van der Waals surface area contributed by atoms with E-state index in [2.05, 4.69) is 38.1 Å². The van der Waals surface area contributed by atoms with Crippen LogP contribution in [0.4, 0.5) is 8.78 Å². The number of piperidine rings is 1. The number of halogens is 2. The van der Waals surface area contributed by atoms with Gasteiger partial charge in [0, 0.05) is 79.0 Å². The molecule has 1 aromatic heterocycles. The largest absolute Gasteiger partial charge is 0.399 e. The van der Waals surface area contributed by atoms with Gasteiger partial charge in [-0.2, -0.15) is 8.78 Å². The molecule has 0 spiro atoms.